The maximum atomic E-state index is 10.3. The van der Waals surface area contributed by atoms with E-state index in [1.807, 2.05) is 27.7 Å². The topological polar surface area (TPSA) is 46.4 Å². The van der Waals surface area contributed by atoms with Gasteiger partial charge in [-0.15, -0.1) is 5.01 Å². The molecule has 60 valence electrons. The lowest BCUT2D eigenvalue weighted by atomic mass is 10.3. The SMILES string of the molecule is CC(C)N(C(C)C)[N+](=O)[O-]. The number of hydrogen-bond donors (Lipinski definition) is 0. The van der Waals surface area contributed by atoms with Crippen molar-refractivity contribution in [3.8, 4) is 0 Å². The Morgan fingerprint density at radius 1 is 1.20 bits per heavy atom. The van der Waals surface area contributed by atoms with Gasteiger partial charge in [-0.2, -0.15) is 0 Å². The first-order chi connectivity index (χ1) is 4.46. The molecule has 0 spiro atoms. The Labute approximate surface area is 60.9 Å². The van der Waals surface area contributed by atoms with Crippen molar-refractivity contribution >= 4 is 0 Å². The standard InChI is InChI=1S/C6H14N2O2/c1-5(2)7(6(3)4)8(9)10/h5-6H,1-4H3. The van der Waals surface area contributed by atoms with Gasteiger partial charge in [0.25, 0.3) is 0 Å². The molecule has 10 heavy (non-hydrogen) atoms. The van der Waals surface area contributed by atoms with Crippen LogP contribution in [0.25, 0.3) is 0 Å². The van der Waals surface area contributed by atoms with Crippen molar-refractivity contribution in [2.24, 2.45) is 0 Å². The monoisotopic (exact) mass is 146 g/mol. The summed E-state index contributed by atoms with van der Waals surface area (Å²) in [4.78, 5) is 10.3. The first kappa shape index (κ1) is 9.20. The summed E-state index contributed by atoms with van der Waals surface area (Å²) in [6.45, 7) is 7.23. The maximum absolute atomic E-state index is 10.3. The molecule has 0 aliphatic heterocycles. The van der Waals surface area contributed by atoms with Gasteiger partial charge in [-0.1, -0.05) is 0 Å². The Morgan fingerprint density at radius 2 is 1.50 bits per heavy atom. The first-order valence-electron chi connectivity index (χ1n) is 3.39. The molecule has 0 aromatic heterocycles. The second-order valence-electron chi connectivity index (χ2n) is 2.81. The first-order valence-corrected chi connectivity index (χ1v) is 3.39. The Balaban J connectivity index is 4.12. The van der Waals surface area contributed by atoms with Gasteiger partial charge in [0.05, 0.1) is 12.1 Å². The van der Waals surface area contributed by atoms with Crippen molar-refractivity contribution in [1.82, 2.24) is 5.01 Å². The third-order valence-corrected chi connectivity index (χ3v) is 1.25. The predicted octanol–water partition coefficient (Wildman–Crippen LogP) is 1.30. The molecule has 0 radical (unpaired) electrons. The molecule has 0 saturated heterocycles. The molecule has 0 saturated carbocycles. The largest absolute Gasteiger partial charge is 0.235 e. The van der Waals surface area contributed by atoms with Crippen molar-refractivity contribution < 1.29 is 5.03 Å². The smallest absolute Gasteiger partial charge is 0.160 e. The molecular weight excluding hydrogens is 132 g/mol. The van der Waals surface area contributed by atoms with Crippen molar-refractivity contribution in [2.45, 2.75) is 39.8 Å². The number of rotatable bonds is 3. The van der Waals surface area contributed by atoms with Crippen LogP contribution in [0.4, 0.5) is 0 Å². The molecule has 0 unspecified atom stereocenters. The number of hydrogen-bond acceptors (Lipinski definition) is 2. The highest BCUT2D eigenvalue weighted by Gasteiger charge is 2.21. The summed E-state index contributed by atoms with van der Waals surface area (Å²) < 4.78 is 0. The lowest BCUT2D eigenvalue weighted by Gasteiger charge is -2.21. The molecule has 0 atom stereocenters. The summed E-state index contributed by atoms with van der Waals surface area (Å²) in [5, 5.41) is 11.2. The van der Waals surface area contributed by atoms with E-state index in [4.69, 9.17) is 0 Å². The van der Waals surface area contributed by atoms with Gasteiger partial charge in [0.15, 0.2) is 5.03 Å². The number of nitrogens with zero attached hydrogens (tertiary/aromatic N) is 2. The fourth-order valence-electron chi connectivity index (χ4n) is 0.973. The van der Waals surface area contributed by atoms with Crippen LogP contribution in [0.5, 0.6) is 0 Å². The summed E-state index contributed by atoms with van der Waals surface area (Å²) in [6.07, 6.45) is 0. The lowest BCUT2D eigenvalue weighted by Crippen LogP contribution is -2.41. The van der Waals surface area contributed by atoms with E-state index in [1.54, 1.807) is 0 Å². The molecule has 0 heterocycles. The van der Waals surface area contributed by atoms with E-state index in [0.29, 0.717) is 0 Å². The van der Waals surface area contributed by atoms with Crippen LogP contribution in [0.3, 0.4) is 0 Å². The van der Waals surface area contributed by atoms with Gasteiger partial charge in [-0.05, 0) is 27.7 Å². The van der Waals surface area contributed by atoms with Gasteiger partial charge >= 0.3 is 0 Å². The number of hydrazine groups is 1. The molecule has 0 aromatic rings. The molecule has 0 N–H and O–H groups in total. The predicted molar refractivity (Wildman–Crippen MR) is 39.1 cm³/mol. The zero-order chi connectivity index (χ0) is 8.31. The van der Waals surface area contributed by atoms with Crippen molar-refractivity contribution in [1.29, 1.82) is 0 Å². The highest BCUT2D eigenvalue weighted by Crippen LogP contribution is 2.03. The van der Waals surface area contributed by atoms with E-state index >= 15 is 0 Å². The Hall–Kier alpha value is -0.800. The molecule has 0 aromatic carbocycles. The molecular formula is C6H14N2O2. The highest BCUT2D eigenvalue weighted by molar-refractivity contribution is 4.55. The van der Waals surface area contributed by atoms with E-state index < -0.39 is 0 Å². The molecule has 0 fully saturated rings. The summed E-state index contributed by atoms with van der Waals surface area (Å²) in [5.41, 5.74) is 0. The van der Waals surface area contributed by atoms with E-state index in [-0.39, 0.29) is 17.1 Å². The summed E-state index contributed by atoms with van der Waals surface area (Å²) >= 11 is 0. The molecule has 4 heteroatoms. The highest BCUT2D eigenvalue weighted by atomic mass is 16.7. The van der Waals surface area contributed by atoms with Gasteiger partial charge in [-0.3, -0.25) is 0 Å². The average molecular weight is 146 g/mol. The van der Waals surface area contributed by atoms with Crippen LogP contribution >= 0.6 is 0 Å². The van der Waals surface area contributed by atoms with Crippen LogP contribution < -0.4 is 0 Å². The second-order valence-corrected chi connectivity index (χ2v) is 2.81. The molecule has 0 bridgehead atoms. The normalized spacial score (nSPS) is 10.6. The quantitative estimate of drug-likeness (QED) is 0.445. The summed E-state index contributed by atoms with van der Waals surface area (Å²) in [5.74, 6) is 0. The van der Waals surface area contributed by atoms with Gasteiger partial charge < -0.3 is 0 Å². The minimum atomic E-state index is -0.352. The summed E-state index contributed by atoms with van der Waals surface area (Å²) in [6, 6.07) is -0.0648. The third kappa shape index (κ3) is 2.21. The zero-order valence-electron chi connectivity index (χ0n) is 6.87. The second kappa shape index (κ2) is 3.39. The van der Waals surface area contributed by atoms with Gasteiger partial charge in [-0.25, -0.2) is 10.1 Å². The van der Waals surface area contributed by atoms with E-state index in [1.165, 1.54) is 5.01 Å². The van der Waals surface area contributed by atoms with Crippen LogP contribution in [-0.4, -0.2) is 22.1 Å². The Kier molecular flexibility index (Phi) is 3.12. The summed E-state index contributed by atoms with van der Waals surface area (Å²) in [7, 11) is 0. The zero-order valence-corrected chi connectivity index (χ0v) is 6.87. The van der Waals surface area contributed by atoms with E-state index in [2.05, 4.69) is 0 Å². The van der Waals surface area contributed by atoms with Crippen molar-refractivity contribution in [3.05, 3.63) is 10.1 Å². The minimum absolute atomic E-state index is 0.0324. The molecule has 0 aliphatic rings. The van der Waals surface area contributed by atoms with Crippen LogP contribution in [0.1, 0.15) is 27.7 Å². The van der Waals surface area contributed by atoms with Gasteiger partial charge in [0.1, 0.15) is 0 Å². The van der Waals surface area contributed by atoms with Crippen LogP contribution in [0, 0.1) is 10.1 Å². The number of nitro groups is 1. The molecule has 0 amide bonds. The Morgan fingerprint density at radius 3 is 1.50 bits per heavy atom. The minimum Gasteiger partial charge on any atom is -0.235 e. The molecule has 0 aliphatic carbocycles. The van der Waals surface area contributed by atoms with Crippen LogP contribution in [0.15, 0.2) is 0 Å². The van der Waals surface area contributed by atoms with E-state index in [0.717, 1.165) is 0 Å². The lowest BCUT2D eigenvalue weighted by molar-refractivity contribution is -0.670. The maximum Gasteiger partial charge on any atom is 0.160 e. The third-order valence-electron chi connectivity index (χ3n) is 1.25. The average Bonchev–Trinajstić information content (AvgIpc) is 1.59. The van der Waals surface area contributed by atoms with E-state index in [9.17, 15) is 10.1 Å². The van der Waals surface area contributed by atoms with Crippen molar-refractivity contribution in [2.75, 3.05) is 0 Å². The fraction of sp³-hybridized carbons (Fsp3) is 1.00. The van der Waals surface area contributed by atoms with Crippen molar-refractivity contribution in [3.63, 3.8) is 0 Å². The van der Waals surface area contributed by atoms with Gasteiger partial charge in [0, 0.05) is 0 Å². The Bertz CT molecular complexity index is 115. The van der Waals surface area contributed by atoms with Crippen LogP contribution in [-0.2, 0) is 0 Å². The van der Waals surface area contributed by atoms with Crippen LogP contribution in [0.2, 0.25) is 0 Å². The molecule has 0 rings (SSSR count). The fourth-order valence-corrected chi connectivity index (χ4v) is 0.973. The van der Waals surface area contributed by atoms with Gasteiger partial charge in [0.2, 0.25) is 0 Å². The molecule has 4 nitrogen and oxygen atoms in total.